The van der Waals surface area contributed by atoms with Crippen molar-refractivity contribution in [3.8, 4) is 5.75 Å². The Morgan fingerprint density at radius 3 is 2.71 bits per heavy atom. The van der Waals surface area contributed by atoms with E-state index in [1.54, 1.807) is 25.1 Å². The summed E-state index contributed by atoms with van der Waals surface area (Å²) in [5, 5.41) is 12.4. The van der Waals surface area contributed by atoms with Gasteiger partial charge in [-0.2, -0.15) is 0 Å². The zero-order valence-electron chi connectivity index (χ0n) is 10.3. The number of aromatic hydroxyl groups is 1. The minimum atomic E-state index is -0.150. The summed E-state index contributed by atoms with van der Waals surface area (Å²) in [5.74, 6) is 0.459. The van der Waals surface area contributed by atoms with Crippen molar-refractivity contribution < 1.29 is 9.90 Å². The van der Waals surface area contributed by atoms with Gasteiger partial charge in [0.05, 0.1) is 0 Å². The summed E-state index contributed by atoms with van der Waals surface area (Å²) in [6, 6.07) is 4.96. The van der Waals surface area contributed by atoms with Crippen molar-refractivity contribution in [1.82, 2.24) is 5.32 Å². The zero-order chi connectivity index (χ0) is 13.0. The molecule has 0 saturated heterocycles. The maximum Gasteiger partial charge on any atom is 0.251 e. The van der Waals surface area contributed by atoms with Crippen molar-refractivity contribution in [3.05, 3.63) is 29.3 Å². The molecule has 0 heterocycles. The third-order valence-corrected chi connectivity index (χ3v) is 4.11. The van der Waals surface area contributed by atoms with E-state index in [1.807, 2.05) is 0 Å². The third kappa shape index (κ3) is 3.73. The molecular weight excluding hydrogens is 282 g/mol. The number of hydrogen-bond acceptors (Lipinski definition) is 2. The molecule has 0 spiro atoms. The Labute approximate surface area is 110 Å². The summed E-state index contributed by atoms with van der Waals surface area (Å²) in [6.45, 7) is 6.49. The molecule has 0 aliphatic carbocycles. The van der Waals surface area contributed by atoms with Crippen LogP contribution < -0.4 is 5.32 Å². The van der Waals surface area contributed by atoms with Gasteiger partial charge in [0.2, 0.25) is 0 Å². The molecule has 1 aromatic rings. The molecular formula is C13H18BrNO2. The van der Waals surface area contributed by atoms with Crippen LogP contribution in [0.2, 0.25) is 0 Å². The van der Waals surface area contributed by atoms with Crippen LogP contribution >= 0.6 is 15.9 Å². The number of phenols is 1. The molecule has 0 aromatic heterocycles. The molecule has 1 amide bonds. The van der Waals surface area contributed by atoms with Crippen LogP contribution in [0.4, 0.5) is 0 Å². The predicted octanol–water partition coefficient (Wildman–Crippen LogP) is 2.85. The molecule has 0 radical (unpaired) electrons. The molecule has 0 aliphatic heterocycles. The predicted molar refractivity (Wildman–Crippen MR) is 72.7 cm³/mol. The number of carbonyl (C=O) groups is 1. The lowest BCUT2D eigenvalue weighted by Gasteiger charge is -2.15. The fourth-order valence-corrected chi connectivity index (χ4v) is 1.55. The number of halogens is 1. The second-order valence-electron chi connectivity index (χ2n) is 4.42. The van der Waals surface area contributed by atoms with Gasteiger partial charge in [-0.05, 0) is 25.0 Å². The molecule has 0 saturated carbocycles. The van der Waals surface area contributed by atoms with E-state index in [4.69, 9.17) is 0 Å². The highest BCUT2D eigenvalue weighted by Gasteiger charge is 2.14. The Bertz CT molecular complexity index is 404. The van der Waals surface area contributed by atoms with Gasteiger partial charge < -0.3 is 10.4 Å². The number of benzene rings is 1. The van der Waals surface area contributed by atoms with Gasteiger partial charge in [0.1, 0.15) is 5.75 Å². The first-order chi connectivity index (χ1) is 7.93. The molecule has 0 fully saturated rings. The minimum absolute atomic E-state index is 0.150. The maximum absolute atomic E-state index is 11.9. The average molecular weight is 300 g/mol. The molecule has 17 heavy (non-hydrogen) atoms. The topological polar surface area (TPSA) is 49.3 Å². The number of nitrogens with one attached hydrogen (secondary N) is 1. The second kappa shape index (κ2) is 6.05. The number of rotatable bonds is 4. The number of phenolic OH excluding ortho intramolecular Hbond substituents is 1. The molecule has 0 bridgehead atoms. The van der Waals surface area contributed by atoms with E-state index in [0.29, 0.717) is 23.6 Å². The van der Waals surface area contributed by atoms with Crippen LogP contribution in [0.5, 0.6) is 5.75 Å². The Morgan fingerprint density at radius 1 is 1.47 bits per heavy atom. The largest absolute Gasteiger partial charge is 0.508 e. The highest BCUT2D eigenvalue weighted by Crippen LogP contribution is 2.19. The van der Waals surface area contributed by atoms with Crippen molar-refractivity contribution in [1.29, 1.82) is 0 Å². The molecule has 3 nitrogen and oxygen atoms in total. The van der Waals surface area contributed by atoms with Crippen molar-refractivity contribution in [3.63, 3.8) is 0 Å². The third-order valence-electron chi connectivity index (χ3n) is 2.73. The highest BCUT2D eigenvalue weighted by molar-refractivity contribution is 9.09. The summed E-state index contributed by atoms with van der Waals surface area (Å²) < 4.78 is 0. The Kier molecular flexibility index (Phi) is 5.00. The first kappa shape index (κ1) is 14.0. The van der Waals surface area contributed by atoms with Gasteiger partial charge in [-0.25, -0.2) is 0 Å². The van der Waals surface area contributed by atoms with Crippen LogP contribution in [0.1, 0.15) is 29.8 Å². The highest BCUT2D eigenvalue weighted by atomic mass is 79.9. The molecule has 4 heteroatoms. The molecule has 1 unspecified atom stereocenters. The number of carbonyl (C=O) groups excluding carboxylic acids is 1. The van der Waals surface area contributed by atoms with Crippen LogP contribution in [-0.4, -0.2) is 22.4 Å². The quantitative estimate of drug-likeness (QED) is 0.840. The van der Waals surface area contributed by atoms with Crippen LogP contribution in [-0.2, 0) is 0 Å². The monoisotopic (exact) mass is 299 g/mol. The molecule has 0 aliphatic rings. The van der Waals surface area contributed by atoms with E-state index < -0.39 is 0 Å². The van der Waals surface area contributed by atoms with E-state index in [2.05, 4.69) is 35.1 Å². The summed E-state index contributed by atoms with van der Waals surface area (Å²) in [6.07, 6.45) is 0. The zero-order valence-corrected chi connectivity index (χ0v) is 11.9. The standard InChI is InChI=1S/C13H18BrNO2/c1-8(2)11(14)7-15-13(17)10-5-4-6-12(16)9(10)3/h4-6,8,11,16H,7H2,1-3H3,(H,15,17). The summed E-state index contributed by atoms with van der Waals surface area (Å²) in [5.41, 5.74) is 1.13. The number of hydrogen-bond donors (Lipinski definition) is 2. The lowest BCUT2D eigenvalue weighted by Crippen LogP contribution is -2.32. The van der Waals surface area contributed by atoms with Gasteiger partial charge in [0, 0.05) is 22.5 Å². The molecule has 94 valence electrons. The average Bonchev–Trinajstić information content (AvgIpc) is 2.29. The smallest absolute Gasteiger partial charge is 0.251 e. The van der Waals surface area contributed by atoms with Gasteiger partial charge in [-0.15, -0.1) is 0 Å². The normalized spacial score (nSPS) is 12.5. The van der Waals surface area contributed by atoms with Crippen LogP contribution in [0.15, 0.2) is 18.2 Å². The van der Waals surface area contributed by atoms with Gasteiger partial charge >= 0.3 is 0 Å². The lowest BCUT2D eigenvalue weighted by molar-refractivity contribution is 0.0952. The lowest BCUT2D eigenvalue weighted by atomic mass is 10.1. The van der Waals surface area contributed by atoms with E-state index >= 15 is 0 Å². The van der Waals surface area contributed by atoms with Crippen LogP contribution in [0, 0.1) is 12.8 Å². The van der Waals surface area contributed by atoms with Crippen molar-refractivity contribution in [2.24, 2.45) is 5.92 Å². The first-order valence-corrected chi connectivity index (χ1v) is 6.56. The van der Waals surface area contributed by atoms with Crippen molar-refractivity contribution in [2.75, 3.05) is 6.54 Å². The fraction of sp³-hybridized carbons (Fsp3) is 0.462. The summed E-state index contributed by atoms with van der Waals surface area (Å²) in [4.78, 5) is 12.2. The van der Waals surface area contributed by atoms with Gasteiger partial charge in [0.25, 0.3) is 5.91 Å². The van der Waals surface area contributed by atoms with Crippen LogP contribution in [0.3, 0.4) is 0 Å². The van der Waals surface area contributed by atoms with E-state index in [-0.39, 0.29) is 16.5 Å². The summed E-state index contributed by atoms with van der Waals surface area (Å²) in [7, 11) is 0. The van der Waals surface area contributed by atoms with E-state index in [0.717, 1.165) is 0 Å². The van der Waals surface area contributed by atoms with E-state index in [1.165, 1.54) is 0 Å². The Balaban J connectivity index is 2.68. The molecule has 2 N–H and O–H groups in total. The fourth-order valence-electron chi connectivity index (χ4n) is 1.39. The molecule has 1 atom stereocenters. The summed E-state index contributed by atoms with van der Waals surface area (Å²) >= 11 is 3.51. The molecule has 1 rings (SSSR count). The first-order valence-electron chi connectivity index (χ1n) is 5.64. The SMILES string of the molecule is Cc1c(O)cccc1C(=O)NCC(Br)C(C)C. The van der Waals surface area contributed by atoms with Crippen LogP contribution in [0.25, 0.3) is 0 Å². The minimum Gasteiger partial charge on any atom is -0.508 e. The van der Waals surface area contributed by atoms with Crippen molar-refractivity contribution >= 4 is 21.8 Å². The number of alkyl halides is 1. The van der Waals surface area contributed by atoms with Gasteiger partial charge in [-0.1, -0.05) is 35.8 Å². The van der Waals surface area contributed by atoms with E-state index in [9.17, 15) is 9.90 Å². The Hall–Kier alpha value is -1.03. The van der Waals surface area contributed by atoms with Gasteiger partial charge in [0.15, 0.2) is 0 Å². The maximum atomic E-state index is 11.9. The van der Waals surface area contributed by atoms with Gasteiger partial charge in [-0.3, -0.25) is 4.79 Å². The second-order valence-corrected chi connectivity index (χ2v) is 5.60. The Morgan fingerprint density at radius 2 is 2.12 bits per heavy atom. The number of amides is 1. The van der Waals surface area contributed by atoms with Crippen molar-refractivity contribution in [2.45, 2.75) is 25.6 Å². The molecule has 1 aromatic carbocycles.